The van der Waals surface area contributed by atoms with E-state index in [0.717, 1.165) is 11.8 Å². The van der Waals surface area contributed by atoms with E-state index in [1.165, 1.54) is 26.5 Å². The van der Waals surface area contributed by atoms with E-state index in [0.29, 0.717) is 0 Å². The standard InChI is InChI=1S/C16H14OS/c1-10-7-8-15-16(11(10)2)13(9-17)12-5-3-4-6-14(12)18-15/h3-9,13H,1-2H3. The first-order chi connectivity index (χ1) is 8.72. The lowest BCUT2D eigenvalue weighted by atomic mass is 9.87. The third-order valence-corrected chi connectivity index (χ3v) is 4.83. The fourth-order valence-corrected chi connectivity index (χ4v) is 3.76. The summed E-state index contributed by atoms with van der Waals surface area (Å²) in [4.78, 5) is 14.0. The molecule has 2 aromatic carbocycles. The minimum absolute atomic E-state index is 0.114. The summed E-state index contributed by atoms with van der Waals surface area (Å²) in [6, 6.07) is 12.5. The van der Waals surface area contributed by atoms with Gasteiger partial charge in [0.05, 0.1) is 5.92 Å². The van der Waals surface area contributed by atoms with Crippen molar-refractivity contribution in [3.63, 3.8) is 0 Å². The summed E-state index contributed by atoms with van der Waals surface area (Å²) in [5.74, 6) is -0.114. The van der Waals surface area contributed by atoms with E-state index >= 15 is 0 Å². The SMILES string of the molecule is Cc1ccc2c(c1C)C(C=O)c1ccccc1S2. The van der Waals surface area contributed by atoms with Crippen LogP contribution in [0.25, 0.3) is 0 Å². The van der Waals surface area contributed by atoms with Crippen molar-refractivity contribution >= 4 is 18.0 Å². The largest absolute Gasteiger partial charge is 0.302 e. The minimum atomic E-state index is -0.114. The van der Waals surface area contributed by atoms with Crippen LogP contribution >= 0.6 is 11.8 Å². The molecule has 1 nitrogen and oxygen atoms in total. The molecule has 2 heteroatoms. The molecular formula is C16H14OS. The fourth-order valence-electron chi connectivity index (χ4n) is 2.53. The summed E-state index contributed by atoms with van der Waals surface area (Å²) in [7, 11) is 0. The molecule has 0 aliphatic carbocycles. The topological polar surface area (TPSA) is 17.1 Å². The monoisotopic (exact) mass is 254 g/mol. The van der Waals surface area contributed by atoms with E-state index in [9.17, 15) is 4.79 Å². The molecule has 3 rings (SSSR count). The Morgan fingerprint density at radius 1 is 1.06 bits per heavy atom. The van der Waals surface area contributed by atoms with Crippen LogP contribution in [0.1, 0.15) is 28.2 Å². The zero-order valence-electron chi connectivity index (χ0n) is 10.4. The van der Waals surface area contributed by atoms with Crippen LogP contribution in [0.2, 0.25) is 0 Å². The maximum atomic E-state index is 11.5. The number of aryl methyl sites for hydroxylation is 1. The maximum Gasteiger partial charge on any atom is 0.131 e. The van der Waals surface area contributed by atoms with Crippen molar-refractivity contribution in [1.82, 2.24) is 0 Å². The van der Waals surface area contributed by atoms with Gasteiger partial charge < -0.3 is 4.79 Å². The van der Waals surface area contributed by atoms with Gasteiger partial charge in [-0.2, -0.15) is 0 Å². The van der Waals surface area contributed by atoms with Gasteiger partial charge in [-0.3, -0.25) is 0 Å². The van der Waals surface area contributed by atoms with Gasteiger partial charge in [0.25, 0.3) is 0 Å². The molecule has 0 spiro atoms. The van der Waals surface area contributed by atoms with Crippen molar-refractivity contribution in [2.75, 3.05) is 0 Å². The maximum absolute atomic E-state index is 11.5. The summed E-state index contributed by atoms with van der Waals surface area (Å²) in [5, 5.41) is 0. The van der Waals surface area contributed by atoms with E-state index in [2.05, 4.69) is 38.1 Å². The smallest absolute Gasteiger partial charge is 0.131 e. The number of benzene rings is 2. The first-order valence-electron chi connectivity index (χ1n) is 6.04. The van der Waals surface area contributed by atoms with Gasteiger partial charge in [0.2, 0.25) is 0 Å². The van der Waals surface area contributed by atoms with Gasteiger partial charge in [-0.25, -0.2) is 0 Å². The Hall–Kier alpha value is -1.54. The van der Waals surface area contributed by atoms with Crippen molar-refractivity contribution in [3.8, 4) is 0 Å². The number of fused-ring (bicyclic) bond motifs is 2. The van der Waals surface area contributed by atoms with E-state index in [1.807, 2.05) is 12.1 Å². The molecule has 1 aliphatic rings. The second kappa shape index (κ2) is 4.29. The highest BCUT2D eigenvalue weighted by Gasteiger charge is 2.27. The molecule has 1 heterocycles. The van der Waals surface area contributed by atoms with Crippen LogP contribution in [-0.2, 0) is 4.79 Å². The highest BCUT2D eigenvalue weighted by Crippen LogP contribution is 2.46. The first kappa shape index (κ1) is 11.5. The normalized spacial score (nSPS) is 16.9. The molecule has 0 aromatic heterocycles. The third-order valence-electron chi connectivity index (χ3n) is 3.67. The van der Waals surface area contributed by atoms with Crippen molar-refractivity contribution in [3.05, 3.63) is 58.7 Å². The number of aldehydes is 1. The summed E-state index contributed by atoms with van der Waals surface area (Å²) in [6.07, 6.45) is 1.07. The first-order valence-corrected chi connectivity index (χ1v) is 6.86. The van der Waals surface area contributed by atoms with E-state index in [1.54, 1.807) is 11.8 Å². The molecule has 90 valence electrons. The molecule has 0 fully saturated rings. The van der Waals surface area contributed by atoms with Crippen LogP contribution < -0.4 is 0 Å². The van der Waals surface area contributed by atoms with Crippen molar-refractivity contribution in [2.45, 2.75) is 29.6 Å². The van der Waals surface area contributed by atoms with E-state index in [-0.39, 0.29) is 5.92 Å². The molecule has 18 heavy (non-hydrogen) atoms. The summed E-state index contributed by atoms with van der Waals surface area (Å²) < 4.78 is 0. The highest BCUT2D eigenvalue weighted by atomic mass is 32.2. The molecule has 0 saturated carbocycles. The Bertz CT molecular complexity index is 631. The fraction of sp³-hybridized carbons (Fsp3) is 0.188. The zero-order valence-corrected chi connectivity index (χ0v) is 11.3. The Balaban J connectivity index is 2.28. The molecular weight excluding hydrogens is 240 g/mol. The predicted octanol–water partition coefficient (Wildman–Crippen LogP) is 4.10. The summed E-state index contributed by atoms with van der Waals surface area (Å²) >= 11 is 1.77. The molecule has 0 amide bonds. The van der Waals surface area contributed by atoms with Crippen molar-refractivity contribution < 1.29 is 4.79 Å². The molecule has 0 N–H and O–H groups in total. The molecule has 1 unspecified atom stereocenters. The third kappa shape index (κ3) is 1.60. The number of hydrogen-bond acceptors (Lipinski definition) is 2. The number of rotatable bonds is 1. The van der Waals surface area contributed by atoms with Crippen LogP contribution in [0.3, 0.4) is 0 Å². The molecule has 0 saturated heterocycles. The molecule has 1 aliphatic heterocycles. The lowest BCUT2D eigenvalue weighted by Crippen LogP contribution is -2.12. The lowest BCUT2D eigenvalue weighted by Gasteiger charge is -2.26. The van der Waals surface area contributed by atoms with Gasteiger partial charge in [-0.15, -0.1) is 0 Å². The van der Waals surface area contributed by atoms with Gasteiger partial charge in [-0.05, 0) is 48.2 Å². The molecule has 0 radical (unpaired) electrons. The van der Waals surface area contributed by atoms with Crippen LogP contribution in [0.15, 0.2) is 46.2 Å². The summed E-state index contributed by atoms with van der Waals surface area (Å²) in [5.41, 5.74) is 4.82. The summed E-state index contributed by atoms with van der Waals surface area (Å²) in [6.45, 7) is 4.21. The lowest BCUT2D eigenvalue weighted by molar-refractivity contribution is -0.108. The number of hydrogen-bond donors (Lipinski definition) is 0. The van der Waals surface area contributed by atoms with Gasteiger partial charge >= 0.3 is 0 Å². The second-order valence-electron chi connectivity index (χ2n) is 4.67. The van der Waals surface area contributed by atoms with E-state index in [4.69, 9.17) is 0 Å². The zero-order chi connectivity index (χ0) is 12.7. The van der Waals surface area contributed by atoms with Crippen LogP contribution in [0.4, 0.5) is 0 Å². The van der Waals surface area contributed by atoms with Gasteiger partial charge in [0, 0.05) is 9.79 Å². The number of carbonyl (C=O) groups is 1. The average Bonchev–Trinajstić information content (AvgIpc) is 2.41. The predicted molar refractivity (Wildman–Crippen MR) is 74.4 cm³/mol. The van der Waals surface area contributed by atoms with Crippen molar-refractivity contribution in [1.29, 1.82) is 0 Å². The quantitative estimate of drug-likeness (QED) is 0.713. The van der Waals surface area contributed by atoms with Crippen LogP contribution in [0, 0.1) is 13.8 Å². The van der Waals surface area contributed by atoms with Crippen LogP contribution in [-0.4, -0.2) is 6.29 Å². The van der Waals surface area contributed by atoms with Crippen LogP contribution in [0.5, 0.6) is 0 Å². The Morgan fingerprint density at radius 2 is 1.83 bits per heavy atom. The highest BCUT2D eigenvalue weighted by molar-refractivity contribution is 7.99. The Kier molecular flexibility index (Phi) is 2.75. The Morgan fingerprint density at radius 3 is 2.61 bits per heavy atom. The molecule has 1 atom stereocenters. The van der Waals surface area contributed by atoms with Gasteiger partial charge in [0.1, 0.15) is 6.29 Å². The molecule has 0 bridgehead atoms. The van der Waals surface area contributed by atoms with E-state index < -0.39 is 0 Å². The Labute approximate surface area is 111 Å². The minimum Gasteiger partial charge on any atom is -0.302 e. The van der Waals surface area contributed by atoms with Gasteiger partial charge in [-0.1, -0.05) is 36.0 Å². The molecule has 2 aromatic rings. The van der Waals surface area contributed by atoms with Crippen molar-refractivity contribution in [2.24, 2.45) is 0 Å². The number of carbonyl (C=O) groups excluding carboxylic acids is 1. The van der Waals surface area contributed by atoms with Gasteiger partial charge in [0.15, 0.2) is 0 Å². The average molecular weight is 254 g/mol. The second-order valence-corrected chi connectivity index (χ2v) is 5.76.